The number of carbonyl (C=O) groups is 2. The number of allylic oxidation sites excluding steroid dienone is 1. The fraction of sp³-hybridized carbons (Fsp3) is 0.750. The Kier molecular flexibility index (Phi) is 4.17. The Bertz CT molecular complexity index is 529. The normalized spacial score (nSPS) is 33.6. The summed E-state index contributed by atoms with van der Waals surface area (Å²) < 4.78 is 16.1. The Morgan fingerprint density at radius 2 is 1.77 bits per heavy atom. The standard InChI is InChI=1S/C16H26O5Si/c1-15-9-12(22(5,6)7)10(8-11(15)13(17)19-2)16(20-3,21-4)14(15)18/h9-11H,8H2,1-7H3/t10-,11+,15-/m1/s1. The van der Waals surface area contributed by atoms with Crippen LogP contribution in [0.2, 0.25) is 19.6 Å². The van der Waals surface area contributed by atoms with Crippen molar-refractivity contribution in [1.29, 1.82) is 0 Å². The van der Waals surface area contributed by atoms with Gasteiger partial charge in [-0.25, -0.2) is 0 Å². The highest BCUT2D eigenvalue weighted by Gasteiger charge is 2.67. The van der Waals surface area contributed by atoms with Gasteiger partial charge in [0.15, 0.2) is 0 Å². The van der Waals surface area contributed by atoms with Crippen LogP contribution in [-0.4, -0.2) is 46.9 Å². The van der Waals surface area contributed by atoms with Gasteiger partial charge in [0.2, 0.25) is 11.6 Å². The van der Waals surface area contributed by atoms with Gasteiger partial charge in [-0.3, -0.25) is 9.59 Å². The maximum atomic E-state index is 13.1. The average molecular weight is 326 g/mol. The van der Waals surface area contributed by atoms with E-state index in [-0.39, 0.29) is 17.7 Å². The van der Waals surface area contributed by atoms with Crippen LogP contribution in [0.5, 0.6) is 0 Å². The first-order valence-corrected chi connectivity index (χ1v) is 11.0. The van der Waals surface area contributed by atoms with E-state index in [1.54, 1.807) is 6.92 Å². The summed E-state index contributed by atoms with van der Waals surface area (Å²) in [5, 5.41) is 1.23. The minimum absolute atomic E-state index is 0.182. The third kappa shape index (κ3) is 2.12. The zero-order valence-electron chi connectivity index (χ0n) is 14.5. The van der Waals surface area contributed by atoms with Crippen molar-refractivity contribution >= 4 is 19.8 Å². The first-order valence-electron chi connectivity index (χ1n) is 7.54. The van der Waals surface area contributed by atoms with Crippen LogP contribution in [-0.2, 0) is 23.8 Å². The number of carbonyl (C=O) groups excluding carboxylic acids is 2. The highest BCUT2D eigenvalue weighted by Crippen LogP contribution is 2.57. The molecule has 3 aliphatic rings. The second-order valence-corrected chi connectivity index (χ2v) is 12.5. The Hall–Kier alpha value is -0.983. The summed E-state index contributed by atoms with van der Waals surface area (Å²) >= 11 is 0. The van der Waals surface area contributed by atoms with Gasteiger partial charge in [-0.1, -0.05) is 30.9 Å². The summed E-state index contributed by atoms with van der Waals surface area (Å²) in [5.74, 6) is -2.52. The molecule has 5 nitrogen and oxygen atoms in total. The molecule has 1 fully saturated rings. The molecule has 124 valence electrons. The van der Waals surface area contributed by atoms with Gasteiger partial charge in [0.1, 0.15) is 0 Å². The third-order valence-electron chi connectivity index (χ3n) is 5.25. The van der Waals surface area contributed by atoms with Crippen LogP contribution in [0.4, 0.5) is 0 Å². The van der Waals surface area contributed by atoms with Crippen LogP contribution in [0.15, 0.2) is 11.3 Å². The molecular formula is C16H26O5Si. The Morgan fingerprint density at radius 1 is 1.23 bits per heavy atom. The van der Waals surface area contributed by atoms with E-state index in [0.717, 1.165) is 0 Å². The molecule has 3 aliphatic carbocycles. The lowest BCUT2D eigenvalue weighted by Gasteiger charge is -2.56. The van der Waals surface area contributed by atoms with Crippen LogP contribution in [0.1, 0.15) is 13.3 Å². The Labute approximate surface area is 133 Å². The van der Waals surface area contributed by atoms with Crippen LogP contribution < -0.4 is 0 Å². The highest BCUT2D eigenvalue weighted by atomic mass is 28.3. The third-order valence-corrected chi connectivity index (χ3v) is 7.47. The van der Waals surface area contributed by atoms with Crippen molar-refractivity contribution in [3.05, 3.63) is 11.3 Å². The molecule has 0 aromatic heterocycles. The van der Waals surface area contributed by atoms with Crippen molar-refractivity contribution in [1.82, 2.24) is 0 Å². The van der Waals surface area contributed by atoms with Gasteiger partial charge in [0, 0.05) is 20.1 Å². The van der Waals surface area contributed by atoms with Crippen molar-refractivity contribution in [3.8, 4) is 0 Å². The molecule has 6 heteroatoms. The number of hydrogen-bond donors (Lipinski definition) is 0. The quantitative estimate of drug-likeness (QED) is 0.450. The molecule has 0 heterocycles. The smallest absolute Gasteiger partial charge is 0.310 e. The minimum Gasteiger partial charge on any atom is -0.469 e. The number of Topliss-reactive ketones (excluding diaryl/α,β-unsaturated/α-hetero) is 1. The summed E-state index contributed by atoms with van der Waals surface area (Å²) in [6.07, 6.45) is 2.53. The van der Waals surface area contributed by atoms with Gasteiger partial charge in [-0.2, -0.15) is 0 Å². The number of fused-ring (bicyclic) bond motifs is 2. The molecule has 3 rings (SSSR count). The molecule has 0 aromatic rings. The predicted octanol–water partition coefficient (Wildman–Crippen LogP) is 2.18. The molecule has 0 radical (unpaired) electrons. The highest BCUT2D eigenvalue weighted by molar-refractivity contribution is 6.83. The molecule has 1 saturated carbocycles. The topological polar surface area (TPSA) is 61.8 Å². The van der Waals surface area contributed by atoms with Gasteiger partial charge in [-0.15, -0.1) is 0 Å². The second-order valence-electron chi connectivity index (χ2n) is 7.40. The van der Waals surface area contributed by atoms with E-state index < -0.39 is 25.2 Å². The first kappa shape index (κ1) is 17.4. The zero-order valence-corrected chi connectivity index (χ0v) is 15.5. The summed E-state index contributed by atoms with van der Waals surface area (Å²) in [4.78, 5) is 25.3. The van der Waals surface area contributed by atoms with Gasteiger partial charge >= 0.3 is 5.97 Å². The van der Waals surface area contributed by atoms with Crippen LogP contribution >= 0.6 is 0 Å². The maximum Gasteiger partial charge on any atom is 0.310 e. The van der Waals surface area contributed by atoms with Crippen molar-refractivity contribution in [2.45, 2.75) is 38.8 Å². The monoisotopic (exact) mass is 326 g/mol. The molecule has 0 aromatic carbocycles. The Morgan fingerprint density at radius 3 is 2.18 bits per heavy atom. The molecule has 3 atom stereocenters. The van der Waals surface area contributed by atoms with Crippen molar-refractivity contribution < 1.29 is 23.8 Å². The maximum absolute atomic E-state index is 13.1. The number of ether oxygens (including phenoxy) is 3. The zero-order chi connectivity index (χ0) is 16.9. The van der Waals surface area contributed by atoms with E-state index in [0.29, 0.717) is 6.42 Å². The van der Waals surface area contributed by atoms with Crippen molar-refractivity contribution in [3.63, 3.8) is 0 Å². The Balaban J connectivity index is 2.67. The molecular weight excluding hydrogens is 300 g/mol. The first-order chi connectivity index (χ1) is 10.1. The predicted molar refractivity (Wildman–Crippen MR) is 84.9 cm³/mol. The van der Waals surface area contributed by atoms with E-state index in [2.05, 4.69) is 19.6 Å². The average Bonchev–Trinajstić information content (AvgIpc) is 2.47. The lowest BCUT2D eigenvalue weighted by atomic mass is 9.56. The molecule has 2 bridgehead atoms. The fourth-order valence-corrected chi connectivity index (χ4v) is 6.11. The lowest BCUT2D eigenvalue weighted by molar-refractivity contribution is -0.248. The van der Waals surface area contributed by atoms with Gasteiger partial charge < -0.3 is 14.2 Å². The molecule has 22 heavy (non-hydrogen) atoms. The van der Waals surface area contributed by atoms with Crippen molar-refractivity contribution in [2.24, 2.45) is 17.3 Å². The van der Waals surface area contributed by atoms with Gasteiger partial charge in [-0.05, 0) is 13.3 Å². The summed E-state index contributed by atoms with van der Waals surface area (Å²) in [7, 11) is 2.68. The molecule has 0 saturated heterocycles. The van der Waals surface area contributed by atoms with Gasteiger partial charge in [0.25, 0.3) is 0 Å². The van der Waals surface area contributed by atoms with E-state index in [4.69, 9.17) is 14.2 Å². The molecule has 0 N–H and O–H groups in total. The van der Waals surface area contributed by atoms with Gasteiger partial charge in [0.05, 0.1) is 26.5 Å². The van der Waals surface area contributed by atoms with E-state index in [1.807, 2.05) is 6.08 Å². The fourth-order valence-electron chi connectivity index (χ4n) is 4.02. The molecule has 0 spiro atoms. The number of hydrogen-bond acceptors (Lipinski definition) is 5. The van der Waals surface area contributed by atoms with E-state index in [1.165, 1.54) is 26.5 Å². The minimum atomic E-state index is -1.69. The summed E-state index contributed by atoms with van der Waals surface area (Å²) in [5.41, 5.74) is -0.941. The van der Waals surface area contributed by atoms with Crippen LogP contribution in [0.3, 0.4) is 0 Å². The molecule has 0 unspecified atom stereocenters. The lowest BCUT2D eigenvalue weighted by Crippen LogP contribution is -2.67. The van der Waals surface area contributed by atoms with Crippen molar-refractivity contribution in [2.75, 3.05) is 21.3 Å². The number of esters is 1. The number of methoxy groups -OCH3 is 3. The number of rotatable bonds is 4. The molecule has 0 amide bonds. The van der Waals surface area contributed by atoms with Crippen LogP contribution in [0, 0.1) is 17.3 Å². The second kappa shape index (κ2) is 5.28. The molecule has 0 aliphatic heterocycles. The summed E-state index contributed by atoms with van der Waals surface area (Å²) in [6, 6.07) is 0. The number of ketones is 1. The summed E-state index contributed by atoms with van der Waals surface area (Å²) in [6.45, 7) is 8.50. The largest absolute Gasteiger partial charge is 0.469 e. The van der Waals surface area contributed by atoms with E-state index in [9.17, 15) is 9.59 Å². The van der Waals surface area contributed by atoms with E-state index >= 15 is 0 Å². The van der Waals surface area contributed by atoms with Crippen LogP contribution in [0.25, 0.3) is 0 Å². The SMILES string of the molecule is COC(=O)[C@@H]1C[C@@H]2C([Si](C)(C)C)=C[C@@]1(C)C(=O)C2(OC)OC.